The molecule has 0 atom stereocenters. The molecule has 0 N–H and O–H groups in total. The Morgan fingerprint density at radius 3 is 2.20 bits per heavy atom. The summed E-state index contributed by atoms with van der Waals surface area (Å²) in [4.78, 5) is 1.41. The highest BCUT2D eigenvalue weighted by atomic mass is 79.9. The Morgan fingerprint density at radius 2 is 1.67 bits per heavy atom. The lowest BCUT2D eigenvalue weighted by Crippen LogP contribution is -1.85. The van der Waals surface area contributed by atoms with Gasteiger partial charge in [0.25, 0.3) is 0 Å². The van der Waals surface area contributed by atoms with Gasteiger partial charge in [0.1, 0.15) is 0 Å². The van der Waals surface area contributed by atoms with Crippen LogP contribution in [0.4, 0.5) is 0 Å². The minimum atomic E-state index is 1.04. The fourth-order valence-corrected chi connectivity index (χ4v) is 3.06. The van der Waals surface area contributed by atoms with Crippen LogP contribution in [0.25, 0.3) is 0 Å². The fourth-order valence-electron chi connectivity index (χ4n) is 1.54. The lowest BCUT2D eigenvalue weighted by Gasteiger charge is -2.00. The van der Waals surface area contributed by atoms with Gasteiger partial charge in [0.15, 0.2) is 0 Å². The van der Waals surface area contributed by atoms with Crippen LogP contribution in [0, 0.1) is 0 Å². The quantitative estimate of drug-likeness (QED) is 0.767. The number of halogens is 1. The minimum absolute atomic E-state index is 1.04. The maximum atomic E-state index is 3.49. The number of hydrogen-bond acceptors (Lipinski definition) is 1. The van der Waals surface area contributed by atoms with Crippen molar-refractivity contribution in [1.29, 1.82) is 0 Å². The topological polar surface area (TPSA) is 0 Å². The van der Waals surface area contributed by atoms with Crippen LogP contribution in [0.15, 0.2) is 40.2 Å². The van der Waals surface area contributed by atoms with Crippen molar-refractivity contribution in [3.63, 3.8) is 0 Å². The zero-order valence-corrected chi connectivity index (χ0v) is 11.1. The van der Waals surface area contributed by atoms with Gasteiger partial charge in [-0.3, -0.25) is 0 Å². The van der Waals surface area contributed by atoms with E-state index in [4.69, 9.17) is 0 Å². The van der Waals surface area contributed by atoms with Crippen LogP contribution in [-0.4, -0.2) is 0 Å². The number of aryl methyl sites for hydroxylation is 1. The molecule has 0 saturated heterocycles. The molecule has 2 heteroatoms. The smallest absolute Gasteiger partial charge is 0.0701 e. The van der Waals surface area contributed by atoms with Gasteiger partial charge >= 0.3 is 0 Å². The van der Waals surface area contributed by atoms with Crippen molar-refractivity contribution in [2.24, 2.45) is 0 Å². The van der Waals surface area contributed by atoms with Crippen molar-refractivity contribution in [2.45, 2.75) is 19.8 Å². The third-order valence-electron chi connectivity index (χ3n) is 2.44. The predicted molar refractivity (Wildman–Crippen MR) is 70.6 cm³/mol. The number of hydrogen-bond donors (Lipinski definition) is 0. The number of rotatable bonds is 3. The van der Waals surface area contributed by atoms with Crippen LogP contribution in [0.1, 0.15) is 22.9 Å². The Hall–Kier alpha value is -0.600. The fraction of sp³-hybridized carbons (Fsp3) is 0.231. The number of thiophene rings is 1. The summed E-state index contributed by atoms with van der Waals surface area (Å²) in [6.07, 6.45) is 2.16. The molecule has 0 aliphatic carbocycles. The van der Waals surface area contributed by atoms with E-state index in [-0.39, 0.29) is 0 Å². The summed E-state index contributed by atoms with van der Waals surface area (Å²) in [5.41, 5.74) is 2.80. The van der Waals surface area contributed by atoms with Crippen LogP contribution in [0.5, 0.6) is 0 Å². The van der Waals surface area contributed by atoms with Crippen LogP contribution in [0.3, 0.4) is 0 Å². The van der Waals surface area contributed by atoms with E-state index in [2.05, 4.69) is 59.3 Å². The first-order valence-electron chi connectivity index (χ1n) is 5.10. The van der Waals surface area contributed by atoms with E-state index in [1.54, 1.807) is 0 Å². The number of benzene rings is 1. The second-order valence-electron chi connectivity index (χ2n) is 3.55. The van der Waals surface area contributed by atoms with Crippen molar-refractivity contribution in [3.05, 3.63) is 56.2 Å². The first kappa shape index (κ1) is 10.9. The summed E-state index contributed by atoms with van der Waals surface area (Å²) >= 11 is 5.30. The van der Waals surface area contributed by atoms with Crippen LogP contribution >= 0.6 is 27.3 Å². The first-order valence-corrected chi connectivity index (χ1v) is 6.71. The van der Waals surface area contributed by atoms with E-state index in [1.165, 1.54) is 19.8 Å². The van der Waals surface area contributed by atoms with Gasteiger partial charge in [0.2, 0.25) is 0 Å². The molecular weight excluding hydrogens is 268 g/mol. The molecule has 2 aromatic rings. The Balaban J connectivity index is 2.11. The zero-order chi connectivity index (χ0) is 10.7. The summed E-state index contributed by atoms with van der Waals surface area (Å²) in [6.45, 7) is 2.19. The monoisotopic (exact) mass is 280 g/mol. The summed E-state index contributed by atoms with van der Waals surface area (Å²) in [6, 6.07) is 13.2. The van der Waals surface area contributed by atoms with Gasteiger partial charge in [-0.15, -0.1) is 11.3 Å². The normalized spacial score (nSPS) is 10.5. The molecule has 1 aromatic heterocycles. The Bertz CT molecular complexity index is 428. The zero-order valence-electron chi connectivity index (χ0n) is 8.66. The van der Waals surface area contributed by atoms with Gasteiger partial charge < -0.3 is 0 Å². The summed E-state index contributed by atoms with van der Waals surface area (Å²) < 4.78 is 1.21. The molecule has 0 aliphatic rings. The molecule has 0 unspecified atom stereocenters. The summed E-state index contributed by atoms with van der Waals surface area (Å²) in [7, 11) is 0. The van der Waals surface area contributed by atoms with E-state index in [1.807, 2.05) is 11.3 Å². The second kappa shape index (κ2) is 4.95. The van der Waals surface area contributed by atoms with E-state index in [9.17, 15) is 0 Å². The van der Waals surface area contributed by atoms with Crippen molar-refractivity contribution in [3.8, 4) is 0 Å². The summed E-state index contributed by atoms with van der Waals surface area (Å²) in [5.74, 6) is 0. The molecule has 0 radical (unpaired) electrons. The highest BCUT2D eigenvalue weighted by Gasteiger charge is 1.99. The van der Waals surface area contributed by atoms with E-state index >= 15 is 0 Å². The van der Waals surface area contributed by atoms with E-state index in [0.717, 1.165) is 12.8 Å². The molecule has 1 aromatic carbocycles. The molecule has 0 fully saturated rings. The molecular formula is C13H13BrS. The molecule has 0 aliphatic heterocycles. The Morgan fingerprint density at radius 1 is 1.00 bits per heavy atom. The lowest BCUT2D eigenvalue weighted by atomic mass is 10.1. The summed E-state index contributed by atoms with van der Waals surface area (Å²) in [5, 5.41) is 0. The van der Waals surface area contributed by atoms with Crippen molar-refractivity contribution < 1.29 is 0 Å². The van der Waals surface area contributed by atoms with E-state index in [0.29, 0.717) is 0 Å². The van der Waals surface area contributed by atoms with Gasteiger partial charge in [-0.25, -0.2) is 0 Å². The van der Waals surface area contributed by atoms with Gasteiger partial charge in [0.05, 0.1) is 3.79 Å². The molecule has 0 spiro atoms. The molecule has 15 heavy (non-hydrogen) atoms. The molecule has 0 bridgehead atoms. The molecule has 0 nitrogen and oxygen atoms in total. The third-order valence-corrected chi connectivity index (χ3v) is 4.06. The molecule has 78 valence electrons. The lowest BCUT2D eigenvalue weighted by molar-refractivity contribution is 1.12. The van der Waals surface area contributed by atoms with Gasteiger partial charge in [-0.1, -0.05) is 31.2 Å². The largest absolute Gasteiger partial charge is 0.133 e. The second-order valence-corrected chi connectivity index (χ2v) is 6.10. The molecule has 1 heterocycles. The maximum Gasteiger partial charge on any atom is 0.0701 e. The van der Waals surface area contributed by atoms with Crippen LogP contribution < -0.4 is 0 Å². The standard InChI is InChI=1S/C13H13BrS/c1-2-10-3-5-11(6-4-10)9-12-7-8-13(14)15-12/h3-8H,2,9H2,1H3. The van der Waals surface area contributed by atoms with Gasteiger partial charge in [-0.2, -0.15) is 0 Å². The Labute approximate surface area is 103 Å². The Kier molecular flexibility index (Phi) is 3.60. The highest BCUT2D eigenvalue weighted by molar-refractivity contribution is 9.11. The van der Waals surface area contributed by atoms with Crippen LogP contribution in [-0.2, 0) is 12.8 Å². The van der Waals surface area contributed by atoms with Crippen LogP contribution in [0.2, 0.25) is 0 Å². The first-order chi connectivity index (χ1) is 7.28. The minimum Gasteiger partial charge on any atom is -0.133 e. The maximum absolute atomic E-state index is 3.49. The molecule has 0 saturated carbocycles. The predicted octanol–water partition coefficient (Wildman–Crippen LogP) is 4.66. The average Bonchev–Trinajstić information content (AvgIpc) is 2.65. The average molecular weight is 281 g/mol. The molecule has 2 rings (SSSR count). The highest BCUT2D eigenvalue weighted by Crippen LogP contribution is 2.24. The van der Waals surface area contributed by atoms with Crippen molar-refractivity contribution in [2.75, 3.05) is 0 Å². The molecule has 0 amide bonds. The van der Waals surface area contributed by atoms with Gasteiger partial charge in [-0.05, 0) is 45.6 Å². The third kappa shape index (κ3) is 2.93. The van der Waals surface area contributed by atoms with Crippen molar-refractivity contribution in [1.82, 2.24) is 0 Å². The van der Waals surface area contributed by atoms with E-state index < -0.39 is 0 Å². The van der Waals surface area contributed by atoms with Crippen molar-refractivity contribution >= 4 is 27.3 Å². The van der Waals surface area contributed by atoms with Gasteiger partial charge in [0, 0.05) is 11.3 Å². The SMILES string of the molecule is CCc1ccc(Cc2ccc(Br)s2)cc1.